The van der Waals surface area contributed by atoms with Crippen LogP contribution in [-0.2, 0) is 0 Å². The van der Waals surface area contributed by atoms with Gasteiger partial charge in [0, 0.05) is 50.0 Å². The number of halogens is 2. The molecule has 0 saturated heterocycles. The first-order valence-electron chi connectivity index (χ1n) is 13.5. The Morgan fingerprint density at radius 2 is 1.57 bits per heavy atom. The standard InChI is InChI=1S/C33H26F2N4O4S/c1-36-31(40)20-13-10-18(14-22(20)33-38-29-24(35)6-5-7-26(29)43-33)21-15-23-27(16-25(21)39(3)44-4)42-30(28(23)32(41)37-2)17-8-11-19(34)12-9-17/h5-16H,1-4H3,(H,36,40)(H,37,41). The number of para-hydroxylation sites is 1. The number of hydrogen-bond acceptors (Lipinski definition) is 7. The van der Waals surface area contributed by atoms with E-state index in [1.807, 2.05) is 29.7 Å². The van der Waals surface area contributed by atoms with Gasteiger partial charge >= 0.3 is 0 Å². The summed E-state index contributed by atoms with van der Waals surface area (Å²) in [4.78, 5) is 30.5. The summed E-state index contributed by atoms with van der Waals surface area (Å²) in [5, 5.41) is 5.85. The first-order valence-corrected chi connectivity index (χ1v) is 14.7. The topological polar surface area (TPSA) is 101 Å². The van der Waals surface area contributed by atoms with Crippen molar-refractivity contribution in [3.8, 4) is 33.9 Å². The maximum Gasteiger partial charge on any atom is 0.255 e. The molecule has 2 N–H and O–H groups in total. The maximum atomic E-state index is 14.5. The van der Waals surface area contributed by atoms with Crippen molar-refractivity contribution in [2.75, 3.05) is 31.7 Å². The number of fused-ring (bicyclic) bond motifs is 2. The van der Waals surface area contributed by atoms with Crippen LogP contribution in [0, 0.1) is 11.6 Å². The van der Waals surface area contributed by atoms with E-state index in [9.17, 15) is 18.4 Å². The van der Waals surface area contributed by atoms with Crippen LogP contribution in [0.5, 0.6) is 0 Å². The van der Waals surface area contributed by atoms with E-state index in [1.165, 1.54) is 50.3 Å². The average molecular weight is 613 g/mol. The first kappa shape index (κ1) is 28.9. The van der Waals surface area contributed by atoms with Gasteiger partial charge in [-0.05, 0) is 60.2 Å². The lowest BCUT2D eigenvalue weighted by atomic mass is 9.95. The highest BCUT2D eigenvalue weighted by molar-refractivity contribution is 7.99. The van der Waals surface area contributed by atoms with Gasteiger partial charge in [0.15, 0.2) is 11.4 Å². The van der Waals surface area contributed by atoms with E-state index in [1.54, 1.807) is 36.4 Å². The van der Waals surface area contributed by atoms with Gasteiger partial charge in [-0.2, -0.15) is 0 Å². The molecule has 0 radical (unpaired) electrons. The van der Waals surface area contributed by atoms with Crippen LogP contribution in [0.1, 0.15) is 20.7 Å². The SMILES string of the molecule is CNC(=O)c1ccc(-c2cc3c(C(=O)NC)c(-c4ccc(F)cc4)oc3cc2N(C)SC)cc1-c1nc2c(F)cccc2o1. The number of carbonyl (C=O) groups is 2. The summed E-state index contributed by atoms with van der Waals surface area (Å²) in [6.45, 7) is 0. The van der Waals surface area contributed by atoms with Gasteiger partial charge in [-0.15, -0.1) is 0 Å². The van der Waals surface area contributed by atoms with Crippen LogP contribution in [0.4, 0.5) is 14.5 Å². The summed E-state index contributed by atoms with van der Waals surface area (Å²) < 4.78 is 42.3. The molecule has 2 aromatic heterocycles. The summed E-state index contributed by atoms with van der Waals surface area (Å²) in [5.41, 5.74) is 4.42. The van der Waals surface area contributed by atoms with Crippen molar-refractivity contribution in [3.63, 3.8) is 0 Å². The van der Waals surface area contributed by atoms with Gasteiger partial charge < -0.3 is 23.8 Å². The zero-order valence-corrected chi connectivity index (χ0v) is 24.9. The van der Waals surface area contributed by atoms with Crippen molar-refractivity contribution < 1.29 is 27.2 Å². The number of amides is 2. The van der Waals surface area contributed by atoms with Gasteiger partial charge in [-0.1, -0.05) is 24.1 Å². The molecular weight excluding hydrogens is 586 g/mol. The molecule has 0 aliphatic rings. The minimum absolute atomic E-state index is 0.0573. The summed E-state index contributed by atoms with van der Waals surface area (Å²) in [6.07, 6.45) is 1.92. The third-order valence-electron chi connectivity index (χ3n) is 7.38. The molecule has 0 spiro atoms. The summed E-state index contributed by atoms with van der Waals surface area (Å²) >= 11 is 1.47. The van der Waals surface area contributed by atoms with E-state index in [-0.39, 0.29) is 34.4 Å². The number of anilines is 1. The number of rotatable bonds is 7. The fourth-order valence-electron chi connectivity index (χ4n) is 5.13. The molecule has 2 heterocycles. The molecule has 2 amide bonds. The highest BCUT2D eigenvalue weighted by Gasteiger charge is 2.26. The van der Waals surface area contributed by atoms with Crippen molar-refractivity contribution in [1.82, 2.24) is 15.6 Å². The van der Waals surface area contributed by atoms with E-state index in [4.69, 9.17) is 8.83 Å². The number of nitrogens with one attached hydrogen (secondary N) is 2. The van der Waals surface area contributed by atoms with Crippen LogP contribution in [-0.4, -0.2) is 44.2 Å². The molecule has 11 heteroatoms. The second kappa shape index (κ2) is 11.5. The van der Waals surface area contributed by atoms with Crippen molar-refractivity contribution in [3.05, 3.63) is 95.6 Å². The van der Waals surface area contributed by atoms with Crippen LogP contribution < -0.4 is 14.9 Å². The molecule has 8 nitrogen and oxygen atoms in total. The fraction of sp³-hybridized carbons (Fsp3) is 0.121. The zero-order chi connectivity index (χ0) is 31.1. The minimum Gasteiger partial charge on any atom is -0.455 e. The van der Waals surface area contributed by atoms with E-state index < -0.39 is 11.6 Å². The number of furan rings is 1. The molecule has 0 bridgehead atoms. The summed E-state index contributed by atoms with van der Waals surface area (Å²) in [5.74, 6) is -1.30. The third-order valence-corrected chi connectivity index (χ3v) is 8.13. The molecule has 6 aromatic rings. The predicted octanol–water partition coefficient (Wildman–Crippen LogP) is 7.29. The van der Waals surface area contributed by atoms with Crippen molar-refractivity contribution in [2.24, 2.45) is 0 Å². The second-order valence-corrected chi connectivity index (χ2v) is 10.8. The van der Waals surface area contributed by atoms with Crippen LogP contribution in [0.15, 0.2) is 81.6 Å². The van der Waals surface area contributed by atoms with E-state index in [0.29, 0.717) is 39.0 Å². The molecule has 0 unspecified atom stereocenters. The molecule has 0 aliphatic carbocycles. The fourth-order valence-corrected chi connectivity index (χ4v) is 5.48. The maximum absolute atomic E-state index is 14.5. The third kappa shape index (κ3) is 4.94. The Labute approximate surface area is 255 Å². The number of oxazole rings is 1. The van der Waals surface area contributed by atoms with Crippen molar-refractivity contribution in [2.45, 2.75) is 0 Å². The molecular formula is C33H26F2N4O4S. The number of nitrogens with zero attached hydrogens (tertiary/aromatic N) is 2. The number of hydrogen-bond donors (Lipinski definition) is 2. The Kier molecular flexibility index (Phi) is 7.56. The van der Waals surface area contributed by atoms with Gasteiger partial charge in [-0.25, -0.2) is 13.8 Å². The zero-order valence-electron chi connectivity index (χ0n) is 24.1. The molecule has 4 aromatic carbocycles. The lowest BCUT2D eigenvalue weighted by Crippen LogP contribution is -2.18. The van der Waals surface area contributed by atoms with Crippen LogP contribution in [0.25, 0.3) is 56.0 Å². The number of carbonyl (C=O) groups excluding carboxylic acids is 2. The van der Waals surface area contributed by atoms with E-state index in [2.05, 4.69) is 15.6 Å². The van der Waals surface area contributed by atoms with Gasteiger partial charge in [0.1, 0.15) is 22.7 Å². The average Bonchev–Trinajstić information content (AvgIpc) is 3.66. The quantitative estimate of drug-likeness (QED) is 0.183. The monoisotopic (exact) mass is 612 g/mol. The summed E-state index contributed by atoms with van der Waals surface area (Å²) in [6, 6.07) is 19.0. The van der Waals surface area contributed by atoms with Crippen molar-refractivity contribution in [1.29, 1.82) is 0 Å². The van der Waals surface area contributed by atoms with Crippen LogP contribution in [0.2, 0.25) is 0 Å². The number of aromatic nitrogens is 1. The predicted molar refractivity (Wildman–Crippen MR) is 169 cm³/mol. The number of benzene rings is 4. The lowest BCUT2D eigenvalue weighted by Gasteiger charge is -2.20. The normalized spacial score (nSPS) is 11.2. The van der Waals surface area contributed by atoms with Crippen LogP contribution >= 0.6 is 11.9 Å². The molecule has 0 aliphatic heterocycles. The summed E-state index contributed by atoms with van der Waals surface area (Å²) in [7, 11) is 4.94. The second-order valence-electron chi connectivity index (χ2n) is 9.88. The smallest absolute Gasteiger partial charge is 0.255 e. The Hall–Kier alpha value is -5.16. The van der Waals surface area contributed by atoms with E-state index in [0.717, 1.165) is 11.3 Å². The molecule has 0 fully saturated rings. The Balaban J connectivity index is 1.62. The van der Waals surface area contributed by atoms with Gasteiger partial charge in [-0.3, -0.25) is 9.59 Å². The first-order chi connectivity index (χ1) is 21.2. The highest BCUT2D eigenvalue weighted by Crippen LogP contribution is 2.43. The van der Waals surface area contributed by atoms with Gasteiger partial charge in [0.25, 0.3) is 11.8 Å². The molecule has 222 valence electrons. The molecule has 0 saturated carbocycles. The lowest BCUT2D eigenvalue weighted by molar-refractivity contribution is 0.0956. The van der Waals surface area contributed by atoms with Crippen LogP contribution in [0.3, 0.4) is 0 Å². The van der Waals surface area contributed by atoms with E-state index >= 15 is 0 Å². The van der Waals surface area contributed by atoms with Gasteiger partial charge in [0.05, 0.1) is 22.4 Å². The largest absolute Gasteiger partial charge is 0.455 e. The molecule has 44 heavy (non-hydrogen) atoms. The molecule has 0 atom stereocenters. The van der Waals surface area contributed by atoms with Gasteiger partial charge in [0.2, 0.25) is 5.89 Å². The Morgan fingerprint density at radius 1 is 0.841 bits per heavy atom. The van der Waals surface area contributed by atoms with Crippen molar-refractivity contribution >= 4 is 51.5 Å². The Morgan fingerprint density at radius 3 is 2.25 bits per heavy atom. The Bertz CT molecular complexity index is 2070. The minimum atomic E-state index is -0.539. The molecule has 6 rings (SSSR count). The highest BCUT2D eigenvalue weighted by atomic mass is 32.2.